The van der Waals surface area contributed by atoms with E-state index in [-0.39, 0.29) is 5.91 Å². The molecule has 2 aromatic carbocycles. The molecule has 0 spiro atoms. The molecule has 0 fully saturated rings. The first-order valence-corrected chi connectivity index (χ1v) is 8.74. The predicted molar refractivity (Wildman–Crippen MR) is 103 cm³/mol. The summed E-state index contributed by atoms with van der Waals surface area (Å²) in [4.78, 5) is 12.3. The minimum atomic E-state index is -0.279. The van der Waals surface area contributed by atoms with Crippen LogP contribution in [-0.2, 0) is 6.54 Å². The summed E-state index contributed by atoms with van der Waals surface area (Å²) in [5.74, 6) is -0.279. The quantitative estimate of drug-likeness (QED) is 0.595. The second-order valence-electron chi connectivity index (χ2n) is 5.20. The largest absolute Gasteiger partial charge is 0.348 e. The molecule has 24 heavy (non-hydrogen) atoms. The maximum absolute atomic E-state index is 12.3. The van der Waals surface area contributed by atoms with Crippen LogP contribution in [0, 0.1) is 0 Å². The summed E-state index contributed by atoms with van der Waals surface area (Å²) >= 11 is 24.3. The van der Waals surface area contributed by atoms with Crippen LogP contribution in [0.5, 0.6) is 0 Å². The first-order valence-electron chi connectivity index (χ1n) is 7.22. The van der Waals surface area contributed by atoms with Gasteiger partial charge in [-0.2, -0.15) is 0 Å². The lowest BCUT2D eigenvalue weighted by Crippen LogP contribution is -2.22. The van der Waals surface area contributed by atoms with E-state index in [9.17, 15) is 4.79 Å². The Morgan fingerprint density at radius 2 is 1.62 bits per heavy atom. The van der Waals surface area contributed by atoms with Gasteiger partial charge in [0, 0.05) is 17.7 Å². The molecule has 2 aromatic rings. The normalized spacial score (nSPS) is 10.5. The van der Waals surface area contributed by atoms with Gasteiger partial charge in [0.15, 0.2) is 0 Å². The molecule has 126 valence electrons. The van der Waals surface area contributed by atoms with Crippen LogP contribution >= 0.6 is 46.4 Å². The van der Waals surface area contributed by atoms with E-state index < -0.39 is 0 Å². The molecule has 0 aliphatic heterocycles. The zero-order valence-electron chi connectivity index (χ0n) is 12.9. The lowest BCUT2D eigenvalue weighted by molar-refractivity contribution is 0.0951. The molecule has 0 aliphatic carbocycles. The zero-order valence-corrected chi connectivity index (χ0v) is 16.0. The predicted octanol–water partition coefficient (Wildman–Crippen LogP) is 6.65. The third-order valence-electron chi connectivity index (χ3n) is 3.52. The molecule has 2 nitrogen and oxygen atoms in total. The maximum atomic E-state index is 12.3. The van der Waals surface area contributed by atoms with Crippen LogP contribution in [-0.4, -0.2) is 5.91 Å². The Morgan fingerprint density at radius 1 is 1.00 bits per heavy atom. The molecule has 0 unspecified atom stereocenters. The maximum Gasteiger partial charge on any atom is 0.251 e. The molecule has 0 saturated heterocycles. The Balaban J connectivity index is 2.15. The smallest absolute Gasteiger partial charge is 0.251 e. The van der Waals surface area contributed by atoms with Crippen molar-refractivity contribution in [3.63, 3.8) is 0 Å². The average Bonchev–Trinajstić information content (AvgIpc) is 2.54. The summed E-state index contributed by atoms with van der Waals surface area (Å²) in [6.45, 7) is 6.22. The van der Waals surface area contributed by atoms with Crippen LogP contribution < -0.4 is 5.32 Å². The number of benzene rings is 2. The Hall–Kier alpha value is -1.19. The van der Waals surface area contributed by atoms with Crippen LogP contribution in [0.25, 0.3) is 5.57 Å². The highest BCUT2D eigenvalue weighted by molar-refractivity contribution is 6.42. The summed E-state index contributed by atoms with van der Waals surface area (Å²) in [6.07, 6.45) is 0.725. The molecular weight excluding hydrogens is 388 g/mol. The topological polar surface area (TPSA) is 29.1 Å². The first kappa shape index (κ1) is 19.1. The van der Waals surface area contributed by atoms with E-state index in [1.165, 1.54) is 0 Å². The highest BCUT2D eigenvalue weighted by atomic mass is 35.5. The van der Waals surface area contributed by atoms with Gasteiger partial charge in [0.05, 0.1) is 20.1 Å². The van der Waals surface area contributed by atoms with Crippen molar-refractivity contribution in [2.75, 3.05) is 0 Å². The minimum Gasteiger partial charge on any atom is -0.348 e. The number of amides is 1. The van der Waals surface area contributed by atoms with E-state index in [0.29, 0.717) is 37.8 Å². The van der Waals surface area contributed by atoms with Crippen LogP contribution in [0.15, 0.2) is 36.9 Å². The number of carbonyl (C=O) groups is 1. The number of carbonyl (C=O) groups excluding carboxylic acids is 1. The molecule has 0 heterocycles. The molecular formula is C18H15Cl4NO. The van der Waals surface area contributed by atoms with Gasteiger partial charge in [0.25, 0.3) is 5.91 Å². The fourth-order valence-corrected chi connectivity index (χ4v) is 3.23. The molecule has 0 bridgehead atoms. The van der Waals surface area contributed by atoms with Crippen LogP contribution in [0.1, 0.15) is 34.8 Å². The SMILES string of the molecule is C=C(CC)c1c(Cl)cc(C(=O)NCc2ccc(Cl)c(Cl)c2)cc1Cl. The van der Waals surface area contributed by atoms with E-state index in [2.05, 4.69) is 11.9 Å². The summed E-state index contributed by atoms with van der Waals surface area (Å²) in [6, 6.07) is 8.37. The average molecular weight is 403 g/mol. The van der Waals surface area contributed by atoms with Gasteiger partial charge in [-0.3, -0.25) is 4.79 Å². The van der Waals surface area contributed by atoms with Gasteiger partial charge >= 0.3 is 0 Å². The standard InChI is InChI=1S/C18H15Cl4NO/c1-3-10(2)17-15(21)7-12(8-16(17)22)18(24)23-9-11-4-5-13(19)14(20)6-11/h4-8H,2-3,9H2,1H3,(H,23,24). The van der Waals surface area contributed by atoms with Crippen LogP contribution in [0.3, 0.4) is 0 Å². The van der Waals surface area contributed by atoms with Crippen molar-refractivity contribution < 1.29 is 4.79 Å². The Morgan fingerprint density at radius 3 is 2.17 bits per heavy atom. The fourth-order valence-electron chi connectivity index (χ4n) is 2.15. The van der Waals surface area contributed by atoms with Crippen molar-refractivity contribution in [2.24, 2.45) is 0 Å². The molecule has 1 amide bonds. The van der Waals surface area contributed by atoms with Crippen LogP contribution in [0.2, 0.25) is 20.1 Å². The molecule has 6 heteroatoms. The fraction of sp³-hybridized carbons (Fsp3) is 0.167. The van der Waals surface area contributed by atoms with E-state index >= 15 is 0 Å². The van der Waals surface area contributed by atoms with Crippen molar-refractivity contribution in [1.82, 2.24) is 5.32 Å². The van der Waals surface area contributed by atoms with Crippen molar-refractivity contribution in [1.29, 1.82) is 0 Å². The Kier molecular flexibility index (Phi) is 6.59. The third kappa shape index (κ3) is 4.46. The van der Waals surface area contributed by atoms with Gasteiger partial charge in [-0.05, 0) is 41.8 Å². The lowest BCUT2D eigenvalue weighted by Gasteiger charge is -2.12. The number of hydrogen-bond acceptors (Lipinski definition) is 1. The third-order valence-corrected chi connectivity index (χ3v) is 4.86. The van der Waals surface area contributed by atoms with Gasteiger partial charge < -0.3 is 5.32 Å². The summed E-state index contributed by atoms with van der Waals surface area (Å²) in [5.41, 5.74) is 2.73. The second-order valence-corrected chi connectivity index (χ2v) is 6.83. The Bertz CT molecular complexity index is 779. The van der Waals surface area contributed by atoms with Crippen LogP contribution in [0.4, 0.5) is 0 Å². The van der Waals surface area contributed by atoms with E-state index in [1.807, 2.05) is 6.92 Å². The highest BCUT2D eigenvalue weighted by Gasteiger charge is 2.14. The second kappa shape index (κ2) is 8.26. The van der Waals surface area contributed by atoms with Gasteiger partial charge in [0.1, 0.15) is 0 Å². The van der Waals surface area contributed by atoms with E-state index in [1.54, 1.807) is 30.3 Å². The summed E-state index contributed by atoms with van der Waals surface area (Å²) < 4.78 is 0. The highest BCUT2D eigenvalue weighted by Crippen LogP contribution is 2.33. The molecule has 0 saturated carbocycles. The lowest BCUT2D eigenvalue weighted by atomic mass is 10.0. The van der Waals surface area contributed by atoms with Crippen molar-refractivity contribution in [2.45, 2.75) is 19.9 Å². The van der Waals surface area contributed by atoms with Gasteiger partial charge in [-0.1, -0.05) is 66.0 Å². The van der Waals surface area contributed by atoms with Gasteiger partial charge in [-0.15, -0.1) is 0 Å². The monoisotopic (exact) mass is 401 g/mol. The minimum absolute atomic E-state index is 0.279. The number of hydrogen-bond donors (Lipinski definition) is 1. The van der Waals surface area contributed by atoms with E-state index in [0.717, 1.165) is 17.6 Å². The number of rotatable bonds is 5. The number of allylic oxidation sites excluding steroid dienone is 1. The van der Waals surface area contributed by atoms with Crippen molar-refractivity contribution >= 4 is 57.9 Å². The van der Waals surface area contributed by atoms with E-state index in [4.69, 9.17) is 46.4 Å². The van der Waals surface area contributed by atoms with Gasteiger partial charge in [-0.25, -0.2) is 0 Å². The van der Waals surface area contributed by atoms with Crippen molar-refractivity contribution in [3.05, 3.63) is 73.7 Å². The number of halogens is 4. The van der Waals surface area contributed by atoms with Crippen molar-refractivity contribution in [3.8, 4) is 0 Å². The first-order chi connectivity index (χ1) is 11.3. The molecule has 2 rings (SSSR count). The summed E-state index contributed by atoms with van der Waals surface area (Å²) in [5, 5.41) is 4.53. The molecule has 1 N–H and O–H groups in total. The Labute approximate surface area is 161 Å². The molecule has 0 atom stereocenters. The number of nitrogens with one attached hydrogen (secondary N) is 1. The summed E-state index contributed by atoms with van der Waals surface area (Å²) in [7, 11) is 0. The molecule has 0 aliphatic rings. The van der Waals surface area contributed by atoms with Gasteiger partial charge in [0.2, 0.25) is 0 Å². The molecule has 0 radical (unpaired) electrons. The molecule has 0 aromatic heterocycles. The zero-order chi connectivity index (χ0) is 17.9.